The minimum absolute atomic E-state index is 0.0838. The second kappa shape index (κ2) is 5.17. The molecule has 0 aliphatic heterocycles. The molecule has 0 fully saturated rings. The molecule has 2 aromatic rings. The zero-order valence-electron chi connectivity index (χ0n) is 11.6. The van der Waals surface area contributed by atoms with E-state index >= 15 is 0 Å². The summed E-state index contributed by atoms with van der Waals surface area (Å²) in [7, 11) is 1.81. The van der Waals surface area contributed by atoms with E-state index in [4.69, 9.17) is 11.6 Å². The molecule has 0 atom stereocenters. The number of rotatable bonds is 3. The van der Waals surface area contributed by atoms with Crippen molar-refractivity contribution < 1.29 is 4.79 Å². The standard InChI is InChI=1S/C15H17ClN2O/c1-9-6-5-7-10(2)14(9)13(19)8-12-15(16)11(3)17-18(12)4/h5-7H,8H2,1-4H3. The number of Topliss-reactive ketones (excluding diaryl/α,β-unsaturated/α-hetero) is 1. The van der Waals surface area contributed by atoms with Crippen LogP contribution in [0, 0.1) is 20.8 Å². The van der Waals surface area contributed by atoms with Gasteiger partial charge in [-0.15, -0.1) is 0 Å². The second-order valence-corrected chi connectivity index (χ2v) is 5.21. The van der Waals surface area contributed by atoms with Crippen molar-refractivity contribution in [3.05, 3.63) is 51.3 Å². The average molecular weight is 277 g/mol. The molecule has 0 aliphatic carbocycles. The molecular weight excluding hydrogens is 260 g/mol. The highest BCUT2D eigenvalue weighted by Gasteiger charge is 2.18. The summed E-state index contributed by atoms with van der Waals surface area (Å²) in [5.74, 6) is 0.0838. The van der Waals surface area contributed by atoms with E-state index in [9.17, 15) is 4.79 Å². The van der Waals surface area contributed by atoms with Crippen LogP contribution in [0.1, 0.15) is 32.9 Å². The van der Waals surface area contributed by atoms with Crippen molar-refractivity contribution in [2.24, 2.45) is 7.05 Å². The van der Waals surface area contributed by atoms with E-state index in [1.807, 2.05) is 46.0 Å². The first-order chi connectivity index (χ1) is 8.91. The topological polar surface area (TPSA) is 34.9 Å². The fraction of sp³-hybridized carbons (Fsp3) is 0.333. The van der Waals surface area contributed by atoms with Crippen LogP contribution in [0.3, 0.4) is 0 Å². The van der Waals surface area contributed by atoms with Gasteiger partial charge in [-0.05, 0) is 31.9 Å². The van der Waals surface area contributed by atoms with Gasteiger partial charge in [0.25, 0.3) is 0 Å². The van der Waals surface area contributed by atoms with Crippen molar-refractivity contribution in [1.82, 2.24) is 9.78 Å². The summed E-state index contributed by atoms with van der Waals surface area (Å²) in [5, 5.41) is 4.82. The van der Waals surface area contributed by atoms with Gasteiger partial charge in [0.05, 0.1) is 22.8 Å². The van der Waals surface area contributed by atoms with Gasteiger partial charge in [0, 0.05) is 12.6 Å². The van der Waals surface area contributed by atoms with E-state index in [0.717, 1.165) is 28.1 Å². The highest BCUT2D eigenvalue weighted by atomic mass is 35.5. The Kier molecular flexibility index (Phi) is 3.76. The van der Waals surface area contributed by atoms with Crippen LogP contribution in [0.5, 0.6) is 0 Å². The van der Waals surface area contributed by atoms with E-state index < -0.39 is 0 Å². The van der Waals surface area contributed by atoms with Gasteiger partial charge in [0.15, 0.2) is 5.78 Å². The van der Waals surface area contributed by atoms with Crippen molar-refractivity contribution in [2.45, 2.75) is 27.2 Å². The van der Waals surface area contributed by atoms with Gasteiger partial charge in [0.2, 0.25) is 0 Å². The zero-order chi connectivity index (χ0) is 14.2. The van der Waals surface area contributed by atoms with Crippen LogP contribution >= 0.6 is 11.6 Å². The van der Waals surface area contributed by atoms with Gasteiger partial charge in [0.1, 0.15) is 0 Å². The minimum atomic E-state index is 0.0838. The van der Waals surface area contributed by atoms with Crippen molar-refractivity contribution in [3.8, 4) is 0 Å². The molecular formula is C15H17ClN2O. The number of ketones is 1. The Balaban J connectivity index is 2.36. The van der Waals surface area contributed by atoms with Crippen LogP contribution in [0.25, 0.3) is 0 Å². The van der Waals surface area contributed by atoms with Crippen LogP contribution in [0.15, 0.2) is 18.2 Å². The lowest BCUT2D eigenvalue weighted by Gasteiger charge is -2.09. The van der Waals surface area contributed by atoms with Crippen LogP contribution < -0.4 is 0 Å². The number of nitrogens with zero attached hydrogens (tertiary/aromatic N) is 2. The number of carbonyl (C=O) groups excluding carboxylic acids is 1. The third-order valence-corrected chi connectivity index (χ3v) is 3.84. The largest absolute Gasteiger partial charge is 0.294 e. The lowest BCUT2D eigenvalue weighted by atomic mass is 9.96. The van der Waals surface area contributed by atoms with Crippen LogP contribution in [0.2, 0.25) is 5.02 Å². The molecule has 0 radical (unpaired) electrons. The van der Waals surface area contributed by atoms with Gasteiger partial charge >= 0.3 is 0 Å². The fourth-order valence-corrected chi connectivity index (χ4v) is 2.59. The summed E-state index contributed by atoms with van der Waals surface area (Å²) < 4.78 is 1.68. The van der Waals surface area contributed by atoms with Crippen molar-refractivity contribution in [3.63, 3.8) is 0 Å². The second-order valence-electron chi connectivity index (χ2n) is 4.84. The molecule has 0 saturated heterocycles. The van der Waals surface area contributed by atoms with Gasteiger partial charge in [-0.2, -0.15) is 5.10 Å². The number of aromatic nitrogens is 2. The molecule has 0 N–H and O–H groups in total. The Morgan fingerprint density at radius 3 is 2.32 bits per heavy atom. The molecule has 1 heterocycles. The first-order valence-corrected chi connectivity index (χ1v) is 6.57. The monoisotopic (exact) mass is 276 g/mol. The molecule has 0 saturated carbocycles. The summed E-state index contributed by atoms with van der Waals surface area (Å²) in [5.41, 5.74) is 4.32. The zero-order valence-corrected chi connectivity index (χ0v) is 12.4. The molecule has 100 valence electrons. The summed E-state index contributed by atoms with van der Waals surface area (Å²) >= 11 is 6.19. The highest BCUT2D eigenvalue weighted by Crippen LogP contribution is 2.22. The molecule has 3 nitrogen and oxygen atoms in total. The number of carbonyl (C=O) groups is 1. The van der Waals surface area contributed by atoms with E-state index in [0.29, 0.717) is 5.02 Å². The van der Waals surface area contributed by atoms with Crippen LogP contribution in [0.4, 0.5) is 0 Å². The fourth-order valence-electron chi connectivity index (χ4n) is 2.37. The SMILES string of the molecule is Cc1cccc(C)c1C(=O)Cc1c(Cl)c(C)nn1C. The van der Waals surface area contributed by atoms with Crippen LogP contribution in [-0.2, 0) is 13.5 Å². The molecule has 0 amide bonds. The molecule has 19 heavy (non-hydrogen) atoms. The summed E-state index contributed by atoms with van der Waals surface area (Å²) in [6, 6.07) is 5.87. The van der Waals surface area contributed by atoms with Gasteiger partial charge in [-0.1, -0.05) is 29.8 Å². The molecule has 0 bridgehead atoms. The lowest BCUT2D eigenvalue weighted by molar-refractivity contribution is 0.0989. The maximum absolute atomic E-state index is 12.5. The number of hydrogen-bond acceptors (Lipinski definition) is 2. The minimum Gasteiger partial charge on any atom is -0.294 e. The molecule has 0 spiro atoms. The Morgan fingerprint density at radius 2 is 1.84 bits per heavy atom. The normalized spacial score (nSPS) is 10.8. The summed E-state index contributed by atoms with van der Waals surface area (Å²) in [4.78, 5) is 12.5. The van der Waals surface area contributed by atoms with Crippen molar-refractivity contribution in [2.75, 3.05) is 0 Å². The first kappa shape index (κ1) is 13.8. The molecule has 0 unspecified atom stereocenters. The summed E-state index contributed by atoms with van der Waals surface area (Å²) in [6.07, 6.45) is 0.280. The highest BCUT2D eigenvalue weighted by molar-refractivity contribution is 6.32. The van der Waals surface area contributed by atoms with Crippen LogP contribution in [-0.4, -0.2) is 15.6 Å². The number of halogens is 1. The van der Waals surface area contributed by atoms with Gasteiger partial charge < -0.3 is 0 Å². The van der Waals surface area contributed by atoms with E-state index in [1.54, 1.807) is 4.68 Å². The number of hydrogen-bond donors (Lipinski definition) is 0. The predicted octanol–water partition coefficient (Wildman–Crippen LogP) is 3.42. The smallest absolute Gasteiger partial charge is 0.169 e. The number of benzene rings is 1. The molecule has 0 aliphatic rings. The third-order valence-electron chi connectivity index (χ3n) is 3.35. The van der Waals surface area contributed by atoms with Crippen molar-refractivity contribution in [1.29, 1.82) is 0 Å². The molecule has 1 aromatic carbocycles. The maximum atomic E-state index is 12.5. The Bertz CT molecular complexity index is 624. The summed E-state index contributed by atoms with van der Waals surface area (Å²) in [6.45, 7) is 5.75. The molecule has 2 rings (SSSR count). The predicted molar refractivity (Wildman–Crippen MR) is 76.9 cm³/mol. The first-order valence-electron chi connectivity index (χ1n) is 6.19. The quantitative estimate of drug-likeness (QED) is 0.805. The molecule has 4 heteroatoms. The Labute approximate surface area is 118 Å². The van der Waals surface area contributed by atoms with E-state index in [2.05, 4.69) is 5.10 Å². The Morgan fingerprint density at radius 1 is 1.26 bits per heavy atom. The molecule has 1 aromatic heterocycles. The van der Waals surface area contributed by atoms with Gasteiger partial charge in [-0.25, -0.2) is 0 Å². The Hall–Kier alpha value is -1.61. The van der Waals surface area contributed by atoms with E-state index in [1.165, 1.54) is 0 Å². The number of aryl methyl sites for hydroxylation is 4. The van der Waals surface area contributed by atoms with Crippen molar-refractivity contribution >= 4 is 17.4 Å². The maximum Gasteiger partial charge on any atom is 0.169 e. The lowest BCUT2D eigenvalue weighted by Crippen LogP contribution is -2.11. The third kappa shape index (κ3) is 2.56. The average Bonchev–Trinajstić information content (AvgIpc) is 2.56. The van der Waals surface area contributed by atoms with E-state index in [-0.39, 0.29) is 12.2 Å². The van der Waals surface area contributed by atoms with Gasteiger partial charge in [-0.3, -0.25) is 9.48 Å².